The van der Waals surface area contributed by atoms with Crippen LogP contribution in [0.2, 0.25) is 0 Å². The summed E-state index contributed by atoms with van der Waals surface area (Å²) in [7, 11) is -3.78. The maximum atomic E-state index is 12.8. The first-order valence-electron chi connectivity index (χ1n) is 10.5. The lowest BCUT2D eigenvalue weighted by Gasteiger charge is -2.20. The van der Waals surface area contributed by atoms with Crippen molar-refractivity contribution in [1.29, 1.82) is 0 Å². The molecule has 10 heteroatoms. The Kier molecular flexibility index (Phi) is 8.72. The van der Waals surface area contributed by atoms with Crippen molar-refractivity contribution in [2.24, 2.45) is 0 Å². The zero-order valence-corrected chi connectivity index (χ0v) is 20.2. The Morgan fingerprint density at radius 3 is 2.15 bits per heavy atom. The number of carbonyl (C=O) groups excluding carboxylic acids is 3. The number of amides is 3. The van der Waals surface area contributed by atoms with Gasteiger partial charge in [-0.25, -0.2) is 18.0 Å². The van der Waals surface area contributed by atoms with E-state index >= 15 is 0 Å². The molecule has 2 aromatic carbocycles. The Morgan fingerprint density at radius 2 is 1.55 bits per heavy atom. The van der Waals surface area contributed by atoms with Crippen LogP contribution in [0.5, 0.6) is 0 Å². The number of nitrogens with zero attached hydrogens (tertiary/aromatic N) is 1. The lowest BCUT2D eigenvalue weighted by Crippen LogP contribution is -2.37. The third kappa shape index (κ3) is 6.62. The van der Waals surface area contributed by atoms with Gasteiger partial charge in [0.2, 0.25) is 10.0 Å². The summed E-state index contributed by atoms with van der Waals surface area (Å²) in [5.74, 6) is -1.71. The maximum Gasteiger partial charge on any atom is 0.338 e. The smallest absolute Gasteiger partial charge is 0.338 e. The van der Waals surface area contributed by atoms with Crippen LogP contribution in [-0.4, -0.2) is 50.3 Å². The minimum atomic E-state index is -3.78. The number of ether oxygens (including phenoxy) is 1. The van der Waals surface area contributed by atoms with E-state index in [0.29, 0.717) is 11.3 Å². The van der Waals surface area contributed by atoms with Gasteiger partial charge in [0.15, 0.2) is 6.61 Å². The monoisotopic (exact) mass is 475 g/mol. The molecule has 0 atom stereocenters. The maximum absolute atomic E-state index is 12.8. The standard InChI is InChI=1S/C23H29N3O6S/c1-6-26(7-2)33(30,31)20-13-18(10-8-16(20)4)22(28)32-14-21(27)25-23(29)24-19-11-9-15(3)17(5)12-19/h8-13H,6-7,14H2,1-5H3,(H2,24,25,27,29). The van der Waals surface area contributed by atoms with Gasteiger partial charge in [-0.1, -0.05) is 26.0 Å². The van der Waals surface area contributed by atoms with Crippen molar-refractivity contribution in [3.05, 3.63) is 58.7 Å². The molecule has 2 aromatic rings. The topological polar surface area (TPSA) is 122 Å². The Morgan fingerprint density at radius 1 is 0.909 bits per heavy atom. The number of anilines is 1. The summed E-state index contributed by atoms with van der Waals surface area (Å²) < 4.78 is 31.9. The first kappa shape index (κ1) is 26.0. The van der Waals surface area contributed by atoms with Crippen LogP contribution in [0.1, 0.15) is 40.9 Å². The SMILES string of the molecule is CCN(CC)S(=O)(=O)c1cc(C(=O)OCC(=O)NC(=O)Nc2ccc(C)c(C)c2)ccc1C. The molecule has 0 bridgehead atoms. The molecule has 9 nitrogen and oxygen atoms in total. The predicted octanol–water partition coefficient (Wildman–Crippen LogP) is 3.15. The highest BCUT2D eigenvalue weighted by Gasteiger charge is 2.25. The molecule has 3 amide bonds. The number of imide groups is 1. The van der Waals surface area contributed by atoms with Crippen molar-refractivity contribution in [1.82, 2.24) is 9.62 Å². The fourth-order valence-electron chi connectivity index (χ4n) is 3.07. The number of rotatable bonds is 8. The van der Waals surface area contributed by atoms with E-state index in [1.807, 2.05) is 19.9 Å². The second kappa shape index (κ2) is 11.1. The molecule has 0 aliphatic heterocycles. The van der Waals surface area contributed by atoms with E-state index in [-0.39, 0.29) is 23.5 Å². The first-order valence-corrected chi connectivity index (χ1v) is 11.9. The number of carbonyl (C=O) groups is 3. The van der Waals surface area contributed by atoms with Gasteiger partial charge in [-0.2, -0.15) is 4.31 Å². The molecule has 0 aliphatic rings. The van der Waals surface area contributed by atoms with E-state index in [2.05, 4.69) is 10.6 Å². The third-order valence-corrected chi connectivity index (χ3v) is 7.29. The molecule has 178 valence electrons. The summed E-state index contributed by atoms with van der Waals surface area (Å²) in [5.41, 5.74) is 3.03. The summed E-state index contributed by atoms with van der Waals surface area (Å²) in [4.78, 5) is 36.4. The van der Waals surface area contributed by atoms with Crippen LogP contribution < -0.4 is 10.6 Å². The second-order valence-corrected chi connectivity index (χ2v) is 9.35. The second-order valence-electron chi connectivity index (χ2n) is 7.45. The van der Waals surface area contributed by atoms with E-state index < -0.39 is 34.5 Å². The average molecular weight is 476 g/mol. The van der Waals surface area contributed by atoms with Crippen LogP contribution in [0.25, 0.3) is 0 Å². The third-order valence-electron chi connectivity index (χ3n) is 5.10. The molecule has 2 N–H and O–H groups in total. The Labute approximate surface area is 194 Å². The van der Waals surface area contributed by atoms with Gasteiger partial charge in [0, 0.05) is 18.8 Å². The van der Waals surface area contributed by atoms with E-state index in [1.54, 1.807) is 32.9 Å². The molecule has 33 heavy (non-hydrogen) atoms. The Bertz CT molecular complexity index is 1160. The van der Waals surface area contributed by atoms with Crippen molar-refractivity contribution >= 4 is 33.6 Å². The molecule has 0 radical (unpaired) electrons. The number of hydrogen-bond donors (Lipinski definition) is 2. The highest BCUT2D eigenvalue weighted by molar-refractivity contribution is 7.89. The molecule has 0 unspecified atom stereocenters. The molecule has 0 aliphatic carbocycles. The number of nitrogens with one attached hydrogen (secondary N) is 2. The fourth-order valence-corrected chi connectivity index (χ4v) is 4.78. The van der Waals surface area contributed by atoms with Gasteiger partial charge in [-0.05, 0) is 61.7 Å². The van der Waals surface area contributed by atoms with Gasteiger partial charge in [0.25, 0.3) is 5.91 Å². The van der Waals surface area contributed by atoms with Crippen LogP contribution in [0.15, 0.2) is 41.3 Å². The number of hydrogen-bond acceptors (Lipinski definition) is 6. The van der Waals surface area contributed by atoms with E-state index in [9.17, 15) is 22.8 Å². The molecule has 2 rings (SSSR count). The van der Waals surface area contributed by atoms with Gasteiger partial charge in [0.1, 0.15) is 0 Å². The Balaban J connectivity index is 2.00. The lowest BCUT2D eigenvalue weighted by molar-refractivity contribution is -0.123. The van der Waals surface area contributed by atoms with Crippen LogP contribution in [-0.2, 0) is 19.6 Å². The predicted molar refractivity (Wildman–Crippen MR) is 125 cm³/mol. The highest BCUT2D eigenvalue weighted by Crippen LogP contribution is 2.22. The van der Waals surface area contributed by atoms with Crippen LogP contribution >= 0.6 is 0 Å². The fraction of sp³-hybridized carbons (Fsp3) is 0.348. The zero-order valence-electron chi connectivity index (χ0n) is 19.4. The van der Waals surface area contributed by atoms with Crippen molar-refractivity contribution in [3.63, 3.8) is 0 Å². The molecule has 0 saturated heterocycles. The van der Waals surface area contributed by atoms with Crippen LogP contribution in [0.3, 0.4) is 0 Å². The summed E-state index contributed by atoms with van der Waals surface area (Å²) in [5, 5.41) is 4.60. The van der Waals surface area contributed by atoms with Crippen LogP contribution in [0.4, 0.5) is 10.5 Å². The first-order chi connectivity index (χ1) is 15.5. The summed E-state index contributed by atoms with van der Waals surface area (Å²) in [6.45, 7) is 8.79. The molecule has 0 aromatic heterocycles. The van der Waals surface area contributed by atoms with Crippen LogP contribution in [0, 0.1) is 20.8 Å². The van der Waals surface area contributed by atoms with E-state index in [4.69, 9.17) is 4.74 Å². The van der Waals surface area contributed by atoms with Gasteiger partial charge in [-0.15, -0.1) is 0 Å². The van der Waals surface area contributed by atoms with E-state index in [0.717, 1.165) is 11.1 Å². The normalized spacial score (nSPS) is 11.2. The summed E-state index contributed by atoms with van der Waals surface area (Å²) in [6, 6.07) is 8.70. The van der Waals surface area contributed by atoms with Crippen molar-refractivity contribution in [2.75, 3.05) is 25.0 Å². The molecule has 0 heterocycles. The number of aryl methyl sites for hydroxylation is 3. The van der Waals surface area contributed by atoms with Gasteiger partial charge < -0.3 is 10.1 Å². The average Bonchev–Trinajstić information content (AvgIpc) is 2.75. The molecule has 0 fully saturated rings. The highest BCUT2D eigenvalue weighted by atomic mass is 32.2. The number of urea groups is 1. The molecule has 0 spiro atoms. The largest absolute Gasteiger partial charge is 0.452 e. The van der Waals surface area contributed by atoms with Crippen molar-refractivity contribution in [2.45, 2.75) is 39.5 Å². The minimum Gasteiger partial charge on any atom is -0.452 e. The summed E-state index contributed by atoms with van der Waals surface area (Å²) >= 11 is 0. The van der Waals surface area contributed by atoms with Gasteiger partial charge >= 0.3 is 12.0 Å². The number of sulfonamides is 1. The minimum absolute atomic E-state index is 0.00197. The van der Waals surface area contributed by atoms with Crippen molar-refractivity contribution in [3.8, 4) is 0 Å². The molecular formula is C23H29N3O6S. The summed E-state index contributed by atoms with van der Waals surface area (Å²) in [6.07, 6.45) is 0. The van der Waals surface area contributed by atoms with Crippen molar-refractivity contribution < 1.29 is 27.5 Å². The quantitative estimate of drug-likeness (QED) is 0.566. The Hall–Kier alpha value is -3.24. The molecule has 0 saturated carbocycles. The zero-order chi connectivity index (χ0) is 24.8. The van der Waals surface area contributed by atoms with Gasteiger partial charge in [0.05, 0.1) is 10.5 Å². The lowest BCUT2D eigenvalue weighted by atomic mass is 10.1. The number of benzene rings is 2. The number of esters is 1. The van der Waals surface area contributed by atoms with Gasteiger partial charge in [-0.3, -0.25) is 10.1 Å². The van der Waals surface area contributed by atoms with E-state index in [1.165, 1.54) is 22.5 Å². The molecular weight excluding hydrogens is 446 g/mol.